The van der Waals surface area contributed by atoms with Crippen LogP contribution in [0, 0.1) is 0 Å². The number of likely N-dealkylation sites (N-methyl/N-ethyl adjacent to an activating group) is 1. The van der Waals surface area contributed by atoms with Crippen LogP contribution in [-0.4, -0.2) is 73.4 Å². The van der Waals surface area contributed by atoms with Crippen molar-refractivity contribution < 1.29 is 32.9 Å². The number of aliphatic hydroxyl groups is 1. The van der Waals surface area contributed by atoms with Crippen molar-refractivity contribution in [3.63, 3.8) is 0 Å². The summed E-state index contributed by atoms with van der Waals surface area (Å²) in [7, 11) is 1.63. The third kappa shape index (κ3) is 69.3. The van der Waals surface area contributed by atoms with E-state index in [2.05, 4.69) is 92.1 Å². The monoisotopic (exact) mass is 1210 g/mol. The molecule has 1 amide bonds. The highest BCUT2D eigenvalue weighted by molar-refractivity contribution is 7.47. The molecule has 3 N–H and O–H groups in total. The molecule has 0 aromatic carbocycles. The molecule has 0 aliphatic heterocycles. The number of hydrogen-bond acceptors (Lipinski definition) is 5. The fraction of sp³-hybridized carbons (Fsp3) is 0.829. The first-order chi connectivity index (χ1) is 41.5. The molecule has 8 nitrogen and oxygen atoms in total. The lowest BCUT2D eigenvalue weighted by Gasteiger charge is -2.26. The Morgan fingerprint density at radius 1 is 0.412 bits per heavy atom. The molecule has 3 atom stereocenters. The van der Waals surface area contributed by atoms with Crippen LogP contribution in [0.1, 0.15) is 354 Å². The Hall–Kier alpha value is -2.06. The molecule has 0 radical (unpaired) electrons. The van der Waals surface area contributed by atoms with E-state index in [0.717, 1.165) is 77.0 Å². The van der Waals surface area contributed by atoms with Crippen molar-refractivity contribution in [2.24, 2.45) is 0 Å². The van der Waals surface area contributed by atoms with Gasteiger partial charge < -0.3 is 19.8 Å². The maximum absolute atomic E-state index is 13.1. The molecule has 0 spiro atoms. The predicted octanol–water partition coefficient (Wildman–Crippen LogP) is 23.7. The van der Waals surface area contributed by atoms with Crippen molar-refractivity contribution in [2.45, 2.75) is 366 Å². The highest BCUT2D eigenvalue weighted by atomic mass is 31.2. The smallest absolute Gasteiger partial charge is 0.391 e. The number of aliphatic hydroxyl groups excluding tert-OH is 1. The Morgan fingerprint density at radius 3 is 1.04 bits per heavy atom. The second-order valence-electron chi connectivity index (χ2n) is 26.3. The van der Waals surface area contributed by atoms with Gasteiger partial charge in [-0.05, 0) is 64.2 Å². The number of rotatable bonds is 68. The fourth-order valence-electron chi connectivity index (χ4n) is 11.1. The van der Waals surface area contributed by atoms with Crippen LogP contribution >= 0.6 is 7.82 Å². The average molecular weight is 1210 g/mol. The van der Waals surface area contributed by atoms with E-state index >= 15 is 0 Å². The van der Waals surface area contributed by atoms with Crippen molar-refractivity contribution >= 4 is 13.7 Å². The fourth-order valence-corrected chi connectivity index (χ4v) is 11.8. The van der Waals surface area contributed by atoms with Crippen LogP contribution in [0.3, 0.4) is 0 Å². The normalized spacial score (nSPS) is 14.0. The second-order valence-corrected chi connectivity index (χ2v) is 27.8. The zero-order valence-corrected chi connectivity index (χ0v) is 58.0. The molecule has 0 aromatic rings. The Bertz CT molecular complexity index is 1620. The number of carbonyl (C=O) groups is 1. The van der Waals surface area contributed by atoms with Crippen LogP contribution in [0.4, 0.5) is 0 Å². The Morgan fingerprint density at radius 2 is 0.706 bits per heavy atom. The lowest BCUT2D eigenvalue weighted by Crippen LogP contribution is -2.46. The number of quaternary nitrogens is 1. The van der Waals surface area contributed by atoms with Crippen LogP contribution in [-0.2, 0) is 18.4 Å². The number of hydrogen-bond donors (Lipinski definition) is 3. The summed E-state index contributed by atoms with van der Waals surface area (Å²) in [6.45, 7) is 4.82. The molecular weight excluding hydrogens is 1070 g/mol. The van der Waals surface area contributed by atoms with Crippen LogP contribution in [0.5, 0.6) is 0 Å². The average Bonchev–Trinajstić information content (AvgIpc) is 3.49. The lowest BCUT2D eigenvalue weighted by atomic mass is 10.0. The summed E-state index contributed by atoms with van der Waals surface area (Å²) in [5.74, 6) is -0.138. The van der Waals surface area contributed by atoms with E-state index in [-0.39, 0.29) is 19.1 Å². The molecule has 0 rings (SSSR count). The van der Waals surface area contributed by atoms with Gasteiger partial charge >= 0.3 is 7.82 Å². The minimum atomic E-state index is -4.33. The van der Waals surface area contributed by atoms with Crippen molar-refractivity contribution in [1.29, 1.82) is 0 Å². The Kier molecular flexibility index (Phi) is 64.8. The SMILES string of the molecule is CC/C=C\C/C=C\C/C=C\C/C=C\C/C=C\C/C=C\CCCCCCCCCCCCCCCCCCCCCCC(=O)NC(COP(=O)(O)OCC[N+](C)(C)C)C(O)CCCCCCCCCCCCCCCCCCCCCCCCCC. The summed E-state index contributed by atoms with van der Waals surface area (Å²) >= 11 is 0. The lowest BCUT2D eigenvalue weighted by molar-refractivity contribution is -0.870. The van der Waals surface area contributed by atoms with Gasteiger partial charge in [0.05, 0.1) is 39.9 Å². The number of amides is 1. The molecule has 0 aliphatic carbocycles. The molecule has 0 aliphatic rings. The Labute approximate surface area is 529 Å². The molecule has 0 fully saturated rings. The summed E-state index contributed by atoms with van der Waals surface area (Å²) in [4.78, 5) is 23.5. The first-order valence-electron chi connectivity index (χ1n) is 36.8. The van der Waals surface area contributed by atoms with Gasteiger partial charge in [0.25, 0.3) is 0 Å². The number of carbonyl (C=O) groups excluding carboxylic acids is 1. The quantitative estimate of drug-likeness (QED) is 0.0243. The summed E-state index contributed by atoms with van der Waals surface area (Å²) in [5.41, 5.74) is 0. The minimum Gasteiger partial charge on any atom is -0.391 e. The molecule has 0 saturated heterocycles. The van der Waals surface area contributed by atoms with E-state index < -0.39 is 20.0 Å². The molecule has 0 aromatic heterocycles. The van der Waals surface area contributed by atoms with Crippen LogP contribution in [0.15, 0.2) is 72.9 Å². The number of nitrogens with zero attached hydrogens (tertiary/aromatic N) is 1. The molecule has 0 saturated carbocycles. The van der Waals surface area contributed by atoms with Crippen molar-refractivity contribution in [3.8, 4) is 0 Å². The van der Waals surface area contributed by atoms with Gasteiger partial charge in [-0.1, -0.05) is 356 Å². The van der Waals surface area contributed by atoms with Gasteiger partial charge in [-0.15, -0.1) is 0 Å². The first kappa shape index (κ1) is 82.9. The zero-order chi connectivity index (χ0) is 61.9. The number of phosphoric acid groups is 1. The van der Waals surface area contributed by atoms with Gasteiger partial charge in [0.2, 0.25) is 5.91 Å². The third-order valence-corrected chi connectivity index (χ3v) is 17.7. The standard InChI is InChI=1S/C76H143N2O6P/c1-6-8-10-12-14-16-18-20-22-24-26-28-30-32-33-34-35-36-37-38-39-40-41-42-43-44-45-46-48-50-52-54-56-58-60-62-64-66-68-70-76(80)77-74(73-84-85(81,82)83-72-71-78(3,4)5)75(79)69-67-65-63-61-59-57-55-53-51-49-47-31-29-27-25-23-21-19-17-15-13-11-9-7-2/h8,10,14,16,20,22,26,28,32-33,35-36,74-75,79H,6-7,9,11-13,15,17-19,21,23-25,27,29-31,34,37-73H2,1-5H3,(H-,77,80,81,82)/p+1/b10-8-,16-14-,22-20-,28-26-,33-32-,36-35-. The molecular formula is C76H144N2O6P+. The largest absolute Gasteiger partial charge is 0.472 e. The van der Waals surface area contributed by atoms with Gasteiger partial charge in [0.1, 0.15) is 13.2 Å². The maximum Gasteiger partial charge on any atom is 0.472 e. The van der Waals surface area contributed by atoms with Crippen molar-refractivity contribution in [1.82, 2.24) is 5.32 Å². The summed E-state index contributed by atoms with van der Waals surface area (Å²) < 4.78 is 23.9. The summed E-state index contributed by atoms with van der Waals surface area (Å²) in [5, 5.41) is 14.2. The van der Waals surface area contributed by atoms with Gasteiger partial charge in [-0.3, -0.25) is 13.8 Å². The Balaban J connectivity index is 3.95. The highest BCUT2D eigenvalue weighted by Crippen LogP contribution is 2.43. The van der Waals surface area contributed by atoms with Crippen molar-refractivity contribution in [3.05, 3.63) is 72.9 Å². The van der Waals surface area contributed by atoms with E-state index in [1.807, 2.05) is 21.1 Å². The third-order valence-electron chi connectivity index (χ3n) is 16.7. The van der Waals surface area contributed by atoms with E-state index in [9.17, 15) is 19.4 Å². The molecule has 0 heterocycles. The van der Waals surface area contributed by atoms with Gasteiger partial charge in [0.15, 0.2) is 0 Å². The predicted molar refractivity (Wildman–Crippen MR) is 373 cm³/mol. The van der Waals surface area contributed by atoms with E-state index in [0.29, 0.717) is 23.9 Å². The van der Waals surface area contributed by atoms with Crippen LogP contribution in [0.2, 0.25) is 0 Å². The van der Waals surface area contributed by atoms with Crippen LogP contribution in [0.25, 0.3) is 0 Å². The first-order valence-corrected chi connectivity index (χ1v) is 38.3. The number of allylic oxidation sites excluding steroid dienone is 12. The van der Waals surface area contributed by atoms with Gasteiger partial charge in [-0.2, -0.15) is 0 Å². The zero-order valence-electron chi connectivity index (χ0n) is 57.1. The topological polar surface area (TPSA) is 105 Å². The second kappa shape index (κ2) is 66.4. The summed E-state index contributed by atoms with van der Waals surface area (Å²) in [6.07, 6.45) is 93.0. The molecule has 3 unspecified atom stereocenters. The number of nitrogens with one attached hydrogen (secondary N) is 1. The van der Waals surface area contributed by atoms with Gasteiger partial charge in [-0.25, -0.2) is 4.57 Å². The summed E-state index contributed by atoms with van der Waals surface area (Å²) in [6, 6.07) is -0.763. The van der Waals surface area contributed by atoms with Gasteiger partial charge in [0, 0.05) is 6.42 Å². The van der Waals surface area contributed by atoms with E-state index in [4.69, 9.17) is 9.05 Å². The molecule has 0 bridgehead atoms. The number of unbranched alkanes of at least 4 members (excludes halogenated alkanes) is 43. The van der Waals surface area contributed by atoms with E-state index in [1.165, 1.54) is 250 Å². The van der Waals surface area contributed by atoms with Crippen LogP contribution < -0.4 is 5.32 Å². The molecule has 9 heteroatoms. The molecule has 498 valence electrons. The minimum absolute atomic E-state index is 0.0754. The maximum atomic E-state index is 13.1. The number of phosphoric ester groups is 1. The molecule has 85 heavy (non-hydrogen) atoms. The highest BCUT2D eigenvalue weighted by Gasteiger charge is 2.28. The van der Waals surface area contributed by atoms with Crippen molar-refractivity contribution in [2.75, 3.05) is 40.9 Å². The van der Waals surface area contributed by atoms with E-state index in [1.54, 1.807) is 0 Å².